The lowest BCUT2D eigenvalue weighted by Crippen LogP contribution is -2.45. The van der Waals surface area contributed by atoms with Gasteiger partial charge in [-0.25, -0.2) is 0 Å². The van der Waals surface area contributed by atoms with Gasteiger partial charge in [0.15, 0.2) is 5.12 Å². The van der Waals surface area contributed by atoms with Crippen LogP contribution in [0.4, 0.5) is 5.88 Å². The minimum absolute atomic E-state index is 0.0829. The molecule has 1 amide bonds. The molecule has 0 aliphatic rings. The van der Waals surface area contributed by atoms with Gasteiger partial charge in [-0.05, 0) is 19.8 Å². The number of hydrogen-bond donors (Lipinski definition) is 0. The van der Waals surface area contributed by atoms with Gasteiger partial charge in [-0.3, -0.25) is 14.5 Å². The zero-order valence-corrected chi connectivity index (χ0v) is 12.8. The summed E-state index contributed by atoms with van der Waals surface area (Å²) in [6.45, 7) is 9.50. The van der Waals surface area contributed by atoms with Crippen molar-refractivity contribution in [2.45, 2.75) is 39.4 Å². The Morgan fingerprint density at radius 1 is 1.47 bits per heavy atom. The van der Waals surface area contributed by atoms with Crippen molar-refractivity contribution >= 4 is 28.7 Å². The van der Waals surface area contributed by atoms with Gasteiger partial charge < -0.3 is 4.52 Å². The van der Waals surface area contributed by atoms with E-state index in [9.17, 15) is 9.59 Å². The van der Waals surface area contributed by atoms with E-state index in [-0.39, 0.29) is 16.9 Å². The van der Waals surface area contributed by atoms with Crippen LogP contribution in [-0.2, 0) is 9.59 Å². The molecule has 0 aliphatic carbocycles. The Bertz CT molecular complexity index is 441. The molecule has 0 aromatic carbocycles. The van der Waals surface area contributed by atoms with Crippen LogP contribution in [0.5, 0.6) is 0 Å². The minimum Gasteiger partial charge on any atom is -0.338 e. The predicted octanol–water partition coefficient (Wildman–Crippen LogP) is 2.72. The zero-order valence-electron chi connectivity index (χ0n) is 12.0. The van der Waals surface area contributed by atoms with E-state index < -0.39 is 4.75 Å². The first-order valence-corrected chi connectivity index (χ1v) is 6.98. The number of anilines is 1. The van der Waals surface area contributed by atoms with E-state index in [1.807, 2.05) is 13.8 Å². The predicted molar refractivity (Wildman–Crippen MR) is 76.0 cm³/mol. The van der Waals surface area contributed by atoms with Gasteiger partial charge in [0.25, 0.3) is 0 Å². The first-order valence-electron chi connectivity index (χ1n) is 6.16. The van der Waals surface area contributed by atoms with Crippen molar-refractivity contribution in [1.29, 1.82) is 0 Å². The second kappa shape index (κ2) is 6.23. The average molecular weight is 284 g/mol. The summed E-state index contributed by atoms with van der Waals surface area (Å²) in [7, 11) is 0. The molecule has 0 saturated carbocycles. The van der Waals surface area contributed by atoms with E-state index in [0.29, 0.717) is 12.4 Å². The quantitative estimate of drug-likeness (QED) is 0.832. The number of amides is 1. The van der Waals surface area contributed by atoms with Crippen molar-refractivity contribution in [3.63, 3.8) is 0 Å². The number of carbonyl (C=O) groups is 2. The number of rotatable bonds is 5. The number of hydrogen-bond acceptors (Lipinski definition) is 5. The summed E-state index contributed by atoms with van der Waals surface area (Å²) in [5.74, 6) is 0.543. The molecule has 0 aliphatic heterocycles. The molecule has 106 valence electrons. The van der Waals surface area contributed by atoms with Gasteiger partial charge in [0.05, 0.1) is 10.9 Å². The molecule has 1 heterocycles. The van der Waals surface area contributed by atoms with Gasteiger partial charge in [0.2, 0.25) is 11.8 Å². The summed E-state index contributed by atoms with van der Waals surface area (Å²) >= 11 is 1.03. The summed E-state index contributed by atoms with van der Waals surface area (Å²) in [6, 6.07) is 1.65. The minimum atomic E-state index is -0.826. The number of carbonyl (C=O) groups excluding carboxylic acids is 2. The maximum absolute atomic E-state index is 12.6. The fourth-order valence-electron chi connectivity index (χ4n) is 1.71. The third-order valence-corrected chi connectivity index (χ3v) is 3.37. The van der Waals surface area contributed by atoms with Crippen LogP contribution < -0.4 is 4.90 Å². The number of thioether (sulfide) groups is 1. The molecular weight excluding hydrogens is 264 g/mol. The molecule has 0 spiro atoms. The molecule has 5 nitrogen and oxygen atoms in total. The van der Waals surface area contributed by atoms with Crippen LogP contribution in [0.3, 0.4) is 0 Å². The van der Waals surface area contributed by atoms with Gasteiger partial charge in [-0.1, -0.05) is 30.8 Å². The highest BCUT2D eigenvalue weighted by atomic mass is 32.2. The second-order valence-corrected chi connectivity index (χ2v) is 7.06. The highest BCUT2D eigenvalue weighted by Crippen LogP contribution is 2.30. The maximum Gasteiger partial charge on any atom is 0.245 e. The molecule has 0 radical (unpaired) electrons. The molecule has 1 aromatic rings. The Balaban J connectivity index is 2.98. The van der Waals surface area contributed by atoms with Crippen LogP contribution in [0.2, 0.25) is 0 Å². The van der Waals surface area contributed by atoms with Crippen molar-refractivity contribution in [3.05, 3.63) is 12.3 Å². The topological polar surface area (TPSA) is 63.4 Å². The molecule has 19 heavy (non-hydrogen) atoms. The zero-order chi connectivity index (χ0) is 14.6. The Kier molecular flexibility index (Phi) is 5.17. The van der Waals surface area contributed by atoms with E-state index >= 15 is 0 Å². The third-order valence-electron chi connectivity index (χ3n) is 2.40. The van der Waals surface area contributed by atoms with Crippen molar-refractivity contribution in [2.75, 3.05) is 11.4 Å². The van der Waals surface area contributed by atoms with E-state index in [1.54, 1.807) is 24.8 Å². The van der Waals surface area contributed by atoms with Crippen LogP contribution in [0.15, 0.2) is 16.8 Å². The average Bonchev–Trinajstić information content (AvgIpc) is 2.75. The maximum atomic E-state index is 12.6. The Hall–Kier alpha value is -1.30. The smallest absolute Gasteiger partial charge is 0.245 e. The number of nitrogens with zero attached hydrogens (tertiary/aromatic N) is 2. The lowest BCUT2D eigenvalue weighted by Gasteiger charge is -2.29. The first-order chi connectivity index (χ1) is 8.74. The normalized spacial score (nSPS) is 11.7. The first kappa shape index (κ1) is 15.8. The largest absolute Gasteiger partial charge is 0.338 e. The second-order valence-electron chi connectivity index (χ2n) is 5.26. The SMILES string of the molecule is CC(=O)SC(C)(C)C(=O)N(CC(C)C)c1ccno1. The van der Waals surface area contributed by atoms with Gasteiger partial charge in [-0.15, -0.1) is 0 Å². The van der Waals surface area contributed by atoms with Crippen molar-refractivity contribution < 1.29 is 14.1 Å². The lowest BCUT2D eigenvalue weighted by atomic mass is 10.1. The van der Waals surface area contributed by atoms with Gasteiger partial charge in [-0.2, -0.15) is 0 Å². The molecule has 0 fully saturated rings. The van der Waals surface area contributed by atoms with Crippen molar-refractivity contribution in [2.24, 2.45) is 5.92 Å². The van der Waals surface area contributed by atoms with Gasteiger partial charge in [0, 0.05) is 19.5 Å². The van der Waals surface area contributed by atoms with Crippen LogP contribution in [-0.4, -0.2) is 27.5 Å². The van der Waals surface area contributed by atoms with E-state index in [4.69, 9.17) is 4.52 Å². The molecule has 1 rings (SSSR count). The monoisotopic (exact) mass is 284 g/mol. The molecule has 6 heteroatoms. The molecule has 1 aromatic heterocycles. The fourth-order valence-corrected chi connectivity index (χ4v) is 2.63. The molecule has 0 bridgehead atoms. The standard InChI is InChI=1S/C13H20N2O3S/c1-9(2)8-15(11-6-7-14-18-11)12(17)13(4,5)19-10(3)16/h6-7,9H,8H2,1-5H3. The van der Waals surface area contributed by atoms with Crippen molar-refractivity contribution in [1.82, 2.24) is 5.16 Å². The molecule has 0 unspecified atom stereocenters. The van der Waals surface area contributed by atoms with Crippen molar-refractivity contribution in [3.8, 4) is 0 Å². The van der Waals surface area contributed by atoms with Gasteiger partial charge in [0.1, 0.15) is 0 Å². The van der Waals surface area contributed by atoms with Crippen LogP contribution >= 0.6 is 11.8 Å². The van der Waals surface area contributed by atoms with Crippen LogP contribution in [0, 0.1) is 5.92 Å². The highest BCUT2D eigenvalue weighted by molar-refractivity contribution is 8.15. The van der Waals surface area contributed by atoms with E-state index in [0.717, 1.165) is 11.8 Å². The fraction of sp³-hybridized carbons (Fsp3) is 0.615. The molecule has 0 atom stereocenters. The van der Waals surface area contributed by atoms with Crippen LogP contribution in [0.1, 0.15) is 34.6 Å². The Morgan fingerprint density at radius 3 is 2.53 bits per heavy atom. The molecular formula is C13H20N2O3S. The van der Waals surface area contributed by atoms with E-state index in [2.05, 4.69) is 5.16 Å². The van der Waals surface area contributed by atoms with Gasteiger partial charge >= 0.3 is 0 Å². The molecule has 0 saturated heterocycles. The lowest BCUT2D eigenvalue weighted by molar-refractivity contribution is -0.121. The number of aromatic nitrogens is 1. The third kappa shape index (κ3) is 4.38. The summed E-state index contributed by atoms with van der Waals surface area (Å²) < 4.78 is 4.25. The Morgan fingerprint density at radius 2 is 2.11 bits per heavy atom. The Labute approximate surface area is 117 Å². The highest BCUT2D eigenvalue weighted by Gasteiger charge is 2.36. The summed E-state index contributed by atoms with van der Waals surface area (Å²) in [5.41, 5.74) is 0. The molecule has 0 N–H and O–H groups in total. The summed E-state index contributed by atoms with van der Waals surface area (Å²) in [5, 5.41) is 3.55. The summed E-state index contributed by atoms with van der Waals surface area (Å²) in [4.78, 5) is 25.4. The van der Waals surface area contributed by atoms with E-state index in [1.165, 1.54) is 13.1 Å². The van der Waals surface area contributed by atoms with Crippen LogP contribution in [0.25, 0.3) is 0 Å². The summed E-state index contributed by atoms with van der Waals surface area (Å²) in [6.07, 6.45) is 1.50.